The van der Waals surface area contributed by atoms with Crippen LogP contribution >= 0.6 is 0 Å². The van der Waals surface area contributed by atoms with Gasteiger partial charge in [0, 0.05) is 38.0 Å². The van der Waals surface area contributed by atoms with E-state index in [0.717, 1.165) is 25.9 Å². The van der Waals surface area contributed by atoms with E-state index in [1.165, 1.54) is 17.7 Å². The van der Waals surface area contributed by atoms with Gasteiger partial charge < -0.3 is 24.4 Å². The van der Waals surface area contributed by atoms with Gasteiger partial charge in [-0.2, -0.15) is 0 Å². The van der Waals surface area contributed by atoms with Gasteiger partial charge in [-0.25, -0.2) is 4.98 Å². The van der Waals surface area contributed by atoms with Crippen LogP contribution in [0.4, 0.5) is 11.6 Å². The van der Waals surface area contributed by atoms with Gasteiger partial charge in [-0.05, 0) is 25.0 Å². The van der Waals surface area contributed by atoms with E-state index in [1.807, 2.05) is 4.90 Å². The molecular weight excluding hydrogens is 376 g/mol. The van der Waals surface area contributed by atoms with Crippen LogP contribution in [0.15, 0.2) is 29.1 Å². The minimum Gasteiger partial charge on any atom is -0.493 e. The zero-order valence-corrected chi connectivity index (χ0v) is 16.9. The van der Waals surface area contributed by atoms with E-state index in [9.17, 15) is 9.59 Å². The Labute approximate surface area is 169 Å². The Balaban J connectivity index is 1.83. The van der Waals surface area contributed by atoms with Crippen LogP contribution in [0.1, 0.15) is 18.5 Å². The van der Waals surface area contributed by atoms with Gasteiger partial charge in [0.1, 0.15) is 6.54 Å². The van der Waals surface area contributed by atoms with Crippen LogP contribution in [-0.4, -0.2) is 49.9 Å². The number of nitrogens with zero attached hydrogens (tertiary/aromatic N) is 3. The van der Waals surface area contributed by atoms with Crippen molar-refractivity contribution in [1.29, 1.82) is 0 Å². The molecule has 1 amide bonds. The Kier molecular flexibility index (Phi) is 6.71. The summed E-state index contributed by atoms with van der Waals surface area (Å²) >= 11 is 0. The zero-order valence-electron chi connectivity index (χ0n) is 16.9. The summed E-state index contributed by atoms with van der Waals surface area (Å²) in [4.78, 5) is 31.9. The van der Waals surface area contributed by atoms with Gasteiger partial charge in [-0.3, -0.25) is 14.2 Å². The molecule has 1 aromatic carbocycles. The van der Waals surface area contributed by atoms with Gasteiger partial charge in [0.2, 0.25) is 11.9 Å². The van der Waals surface area contributed by atoms with Crippen LogP contribution in [0.5, 0.6) is 11.5 Å². The summed E-state index contributed by atoms with van der Waals surface area (Å²) in [5.41, 5.74) is 0.819. The minimum atomic E-state index is -0.332. The van der Waals surface area contributed by atoms with Crippen molar-refractivity contribution in [3.63, 3.8) is 0 Å². The summed E-state index contributed by atoms with van der Waals surface area (Å²) in [6, 6.07) is 6.49. The van der Waals surface area contributed by atoms with Crippen molar-refractivity contribution in [3.05, 3.63) is 40.3 Å². The smallest absolute Gasteiger partial charge is 0.255 e. The molecule has 9 heteroatoms. The molecule has 0 unspecified atom stereocenters. The molecule has 0 radical (unpaired) electrons. The minimum absolute atomic E-state index is 0.140. The Bertz CT molecular complexity index is 922. The Hall–Kier alpha value is -3.07. The topological polar surface area (TPSA) is 94.9 Å². The third-order valence-electron chi connectivity index (χ3n) is 4.69. The predicted molar refractivity (Wildman–Crippen MR) is 109 cm³/mol. The summed E-state index contributed by atoms with van der Waals surface area (Å²) in [6.07, 6.45) is 2.06. The lowest BCUT2D eigenvalue weighted by atomic mass is 10.2. The summed E-state index contributed by atoms with van der Waals surface area (Å²) < 4.78 is 17.0. The number of carbonyl (C=O) groups excluding carboxylic acids is 1. The van der Waals surface area contributed by atoms with E-state index in [1.54, 1.807) is 32.4 Å². The van der Waals surface area contributed by atoms with Gasteiger partial charge >= 0.3 is 0 Å². The summed E-state index contributed by atoms with van der Waals surface area (Å²) in [5.74, 6) is 1.24. The normalized spacial score (nSPS) is 13.4. The van der Waals surface area contributed by atoms with Crippen LogP contribution in [0, 0.1) is 0 Å². The van der Waals surface area contributed by atoms with Crippen molar-refractivity contribution in [2.75, 3.05) is 44.6 Å². The molecule has 1 saturated heterocycles. The van der Waals surface area contributed by atoms with Crippen LogP contribution < -0.4 is 25.2 Å². The SMILES string of the molecule is COCc1cc(=O)n(CC(=O)Nc2ccc(OC)c(OC)c2)c(N2CCCC2)n1. The number of benzene rings is 1. The molecule has 0 aliphatic carbocycles. The second kappa shape index (κ2) is 9.42. The second-order valence-electron chi connectivity index (χ2n) is 6.72. The predicted octanol–water partition coefficient (Wildman–Crippen LogP) is 1.65. The highest BCUT2D eigenvalue weighted by atomic mass is 16.5. The molecule has 0 atom stereocenters. The lowest BCUT2D eigenvalue weighted by Crippen LogP contribution is -2.34. The number of hydrogen-bond acceptors (Lipinski definition) is 7. The van der Waals surface area contributed by atoms with Gasteiger partial charge in [0.05, 0.1) is 26.5 Å². The van der Waals surface area contributed by atoms with Crippen LogP contribution in [-0.2, 0) is 22.7 Å². The molecule has 0 spiro atoms. The number of rotatable bonds is 8. The molecule has 1 N–H and O–H groups in total. The van der Waals surface area contributed by atoms with Crippen LogP contribution in [0.25, 0.3) is 0 Å². The van der Waals surface area contributed by atoms with E-state index in [2.05, 4.69) is 10.3 Å². The molecule has 3 rings (SSSR count). The maximum absolute atomic E-state index is 12.7. The van der Waals surface area contributed by atoms with E-state index >= 15 is 0 Å². The third-order valence-corrected chi connectivity index (χ3v) is 4.69. The molecule has 1 aliphatic heterocycles. The quantitative estimate of drug-likeness (QED) is 0.717. The number of ether oxygens (including phenoxy) is 3. The number of aromatic nitrogens is 2. The Morgan fingerprint density at radius 1 is 1.10 bits per heavy atom. The lowest BCUT2D eigenvalue weighted by molar-refractivity contribution is -0.116. The number of nitrogens with one attached hydrogen (secondary N) is 1. The maximum atomic E-state index is 12.7. The van der Waals surface area contributed by atoms with Gasteiger partial charge in [-0.15, -0.1) is 0 Å². The monoisotopic (exact) mass is 402 g/mol. The fourth-order valence-electron chi connectivity index (χ4n) is 3.33. The lowest BCUT2D eigenvalue weighted by Gasteiger charge is -2.21. The van der Waals surface area contributed by atoms with E-state index in [-0.39, 0.29) is 24.6 Å². The molecule has 0 saturated carbocycles. The largest absolute Gasteiger partial charge is 0.493 e. The number of hydrogen-bond donors (Lipinski definition) is 1. The highest BCUT2D eigenvalue weighted by Crippen LogP contribution is 2.29. The van der Waals surface area contributed by atoms with Crippen molar-refractivity contribution in [3.8, 4) is 11.5 Å². The molecule has 1 aliphatic rings. The first-order chi connectivity index (χ1) is 14.0. The van der Waals surface area contributed by atoms with Gasteiger partial charge in [0.25, 0.3) is 5.56 Å². The number of amides is 1. The van der Waals surface area contributed by atoms with Crippen molar-refractivity contribution in [1.82, 2.24) is 9.55 Å². The fourth-order valence-corrected chi connectivity index (χ4v) is 3.33. The highest BCUT2D eigenvalue weighted by Gasteiger charge is 2.21. The molecule has 1 fully saturated rings. The molecule has 9 nitrogen and oxygen atoms in total. The Morgan fingerprint density at radius 2 is 1.83 bits per heavy atom. The van der Waals surface area contributed by atoms with E-state index in [0.29, 0.717) is 28.8 Å². The second-order valence-corrected chi connectivity index (χ2v) is 6.72. The summed E-state index contributed by atoms with van der Waals surface area (Å²) in [5, 5.41) is 2.80. The van der Waals surface area contributed by atoms with E-state index in [4.69, 9.17) is 14.2 Å². The standard InChI is InChI=1S/C20H26N4O5/c1-27-13-15-11-19(26)24(20(22-15)23-8-4-5-9-23)12-18(25)21-14-6-7-16(28-2)17(10-14)29-3/h6-7,10-11H,4-5,8-9,12-13H2,1-3H3,(H,21,25). The molecule has 156 valence electrons. The average Bonchev–Trinajstić information content (AvgIpc) is 3.24. The first-order valence-corrected chi connectivity index (χ1v) is 9.42. The van der Waals surface area contributed by atoms with Crippen LogP contribution in [0.3, 0.4) is 0 Å². The third kappa shape index (κ3) is 4.86. The van der Waals surface area contributed by atoms with Crippen molar-refractivity contribution >= 4 is 17.5 Å². The maximum Gasteiger partial charge on any atom is 0.255 e. The molecular formula is C20H26N4O5. The first kappa shape index (κ1) is 20.7. The first-order valence-electron chi connectivity index (χ1n) is 9.42. The van der Waals surface area contributed by atoms with E-state index < -0.39 is 0 Å². The average molecular weight is 402 g/mol. The zero-order chi connectivity index (χ0) is 20.8. The van der Waals surface area contributed by atoms with Gasteiger partial charge in [0.15, 0.2) is 11.5 Å². The van der Waals surface area contributed by atoms with Crippen molar-refractivity contribution < 1.29 is 19.0 Å². The summed E-state index contributed by atoms with van der Waals surface area (Å²) in [6.45, 7) is 1.72. The Morgan fingerprint density at radius 3 is 2.48 bits per heavy atom. The molecule has 1 aromatic heterocycles. The van der Waals surface area contributed by atoms with Crippen molar-refractivity contribution in [2.45, 2.75) is 26.0 Å². The molecule has 29 heavy (non-hydrogen) atoms. The van der Waals surface area contributed by atoms with Crippen LogP contribution in [0.2, 0.25) is 0 Å². The summed E-state index contributed by atoms with van der Waals surface area (Å²) in [7, 11) is 4.63. The number of anilines is 2. The molecule has 2 heterocycles. The van der Waals surface area contributed by atoms with Gasteiger partial charge in [-0.1, -0.05) is 0 Å². The fraction of sp³-hybridized carbons (Fsp3) is 0.450. The highest BCUT2D eigenvalue weighted by molar-refractivity contribution is 5.91. The number of methoxy groups -OCH3 is 3. The number of carbonyl (C=O) groups is 1. The molecule has 2 aromatic rings. The van der Waals surface area contributed by atoms with Crippen molar-refractivity contribution in [2.24, 2.45) is 0 Å². The molecule has 0 bridgehead atoms.